The van der Waals surface area contributed by atoms with Gasteiger partial charge in [-0.1, -0.05) is 30.3 Å². The molecule has 0 saturated heterocycles. The molecule has 8 nitrogen and oxygen atoms in total. The molecule has 9 heteroatoms. The lowest BCUT2D eigenvalue weighted by atomic mass is 10.0. The molecular weight excluding hydrogens is 445 g/mol. The zero-order valence-electron chi connectivity index (χ0n) is 18.3. The van der Waals surface area contributed by atoms with Crippen molar-refractivity contribution in [1.82, 2.24) is 30.1 Å². The average Bonchev–Trinajstić information content (AvgIpc) is 3.47. The van der Waals surface area contributed by atoms with Crippen LogP contribution in [0.3, 0.4) is 0 Å². The van der Waals surface area contributed by atoms with Crippen molar-refractivity contribution in [3.8, 4) is 22.6 Å². The lowest BCUT2D eigenvalue weighted by molar-refractivity contribution is -0.115. The van der Waals surface area contributed by atoms with Gasteiger partial charge in [0.25, 0.3) is 0 Å². The van der Waals surface area contributed by atoms with Crippen LogP contribution in [0.15, 0.2) is 79.3 Å². The number of hydrogen-bond acceptors (Lipinski definition) is 5. The smallest absolute Gasteiger partial charge is 0.228 e. The van der Waals surface area contributed by atoms with Gasteiger partial charge in [0.2, 0.25) is 5.91 Å². The number of hydrogen-bond donors (Lipinski definition) is 3. The first-order chi connectivity index (χ1) is 17.1. The third-order valence-electron chi connectivity index (χ3n) is 5.67. The third-order valence-corrected chi connectivity index (χ3v) is 5.67. The SMILES string of the molecule is O=C(Cc1ccccc1)Nc1cncc(-c2cc3c(-c4nc5ncccc5[nH]4)n[nH]c3cc2F)c1. The molecular formula is C26H18FN7O. The van der Waals surface area contributed by atoms with E-state index in [0.717, 1.165) is 11.1 Å². The summed E-state index contributed by atoms with van der Waals surface area (Å²) in [5.41, 5.74) is 4.70. The molecule has 6 aromatic rings. The molecule has 35 heavy (non-hydrogen) atoms. The molecule has 0 radical (unpaired) electrons. The Labute approximate surface area is 198 Å². The predicted octanol–water partition coefficient (Wildman–Crippen LogP) is 4.88. The molecule has 6 rings (SSSR count). The van der Waals surface area contributed by atoms with Gasteiger partial charge in [0.1, 0.15) is 11.5 Å². The average molecular weight is 463 g/mol. The number of nitrogens with zero attached hydrogens (tertiary/aromatic N) is 4. The van der Waals surface area contributed by atoms with E-state index >= 15 is 4.39 Å². The van der Waals surface area contributed by atoms with Gasteiger partial charge in [-0.15, -0.1) is 0 Å². The Kier molecular flexibility index (Phi) is 4.99. The molecule has 0 aliphatic heterocycles. The fourth-order valence-electron chi connectivity index (χ4n) is 4.04. The first kappa shape index (κ1) is 20.7. The van der Waals surface area contributed by atoms with Crippen LogP contribution in [-0.4, -0.2) is 36.0 Å². The molecule has 170 valence electrons. The highest BCUT2D eigenvalue weighted by molar-refractivity contribution is 5.96. The first-order valence-electron chi connectivity index (χ1n) is 10.9. The lowest BCUT2D eigenvalue weighted by Crippen LogP contribution is -2.14. The first-order valence-corrected chi connectivity index (χ1v) is 10.9. The van der Waals surface area contributed by atoms with Crippen LogP contribution in [0.5, 0.6) is 0 Å². The van der Waals surface area contributed by atoms with Crippen molar-refractivity contribution in [3.63, 3.8) is 0 Å². The van der Waals surface area contributed by atoms with Crippen molar-refractivity contribution in [2.24, 2.45) is 0 Å². The van der Waals surface area contributed by atoms with Crippen LogP contribution in [0.2, 0.25) is 0 Å². The quantitative estimate of drug-likeness (QED) is 0.337. The van der Waals surface area contributed by atoms with Gasteiger partial charge < -0.3 is 10.3 Å². The summed E-state index contributed by atoms with van der Waals surface area (Å²) in [4.78, 5) is 28.6. The standard InChI is InChI=1S/C26H18FN7O/c27-20-12-22-19(24(34-33-22)26-31-21-7-4-8-29-25(21)32-26)11-18(20)16-10-17(14-28-13-16)30-23(35)9-15-5-2-1-3-6-15/h1-8,10-14H,9H2,(H,30,35)(H,33,34)(H,29,31,32). The van der Waals surface area contributed by atoms with Gasteiger partial charge in [-0.05, 0) is 29.8 Å². The van der Waals surface area contributed by atoms with Gasteiger partial charge in [-0.3, -0.25) is 14.9 Å². The topological polar surface area (TPSA) is 112 Å². The Balaban J connectivity index is 1.34. The zero-order chi connectivity index (χ0) is 23.8. The van der Waals surface area contributed by atoms with Crippen molar-refractivity contribution in [1.29, 1.82) is 0 Å². The van der Waals surface area contributed by atoms with Crippen molar-refractivity contribution >= 4 is 33.7 Å². The van der Waals surface area contributed by atoms with Crippen LogP contribution in [0.25, 0.3) is 44.7 Å². The van der Waals surface area contributed by atoms with Crippen molar-refractivity contribution < 1.29 is 9.18 Å². The van der Waals surface area contributed by atoms with E-state index < -0.39 is 5.82 Å². The van der Waals surface area contributed by atoms with Crippen LogP contribution < -0.4 is 5.32 Å². The number of benzene rings is 2. The number of aromatic nitrogens is 6. The van der Waals surface area contributed by atoms with Crippen molar-refractivity contribution in [2.75, 3.05) is 5.32 Å². The van der Waals surface area contributed by atoms with Gasteiger partial charge in [-0.2, -0.15) is 5.10 Å². The minimum absolute atomic E-state index is 0.179. The second-order valence-corrected chi connectivity index (χ2v) is 8.08. The van der Waals surface area contributed by atoms with Gasteiger partial charge in [0.05, 0.1) is 29.3 Å². The van der Waals surface area contributed by atoms with E-state index in [2.05, 4.69) is 35.5 Å². The number of nitrogens with one attached hydrogen (secondary N) is 3. The molecule has 0 atom stereocenters. The Hall–Kier alpha value is -4.92. The summed E-state index contributed by atoms with van der Waals surface area (Å²) in [6.07, 6.45) is 4.99. The number of anilines is 1. The number of aromatic amines is 2. The van der Waals surface area contributed by atoms with Crippen LogP contribution in [0, 0.1) is 5.82 Å². The maximum atomic E-state index is 15.1. The predicted molar refractivity (Wildman–Crippen MR) is 131 cm³/mol. The summed E-state index contributed by atoms with van der Waals surface area (Å²) in [5, 5.41) is 10.7. The minimum Gasteiger partial charge on any atom is -0.335 e. The number of amides is 1. The molecule has 0 spiro atoms. The van der Waals surface area contributed by atoms with Gasteiger partial charge in [0, 0.05) is 35.0 Å². The number of carbonyl (C=O) groups is 1. The second-order valence-electron chi connectivity index (χ2n) is 8.08. The minimum atomic E-state index is -0.437. The van der Waals surface area contributed by atoms with Crippen LogP contribution in [0.4, 0.5) is 10.1 Å². The Bertz CT molecular complexity index is 1660. The maximum Gasteiger partial charge on any atom is 0.228 e. The third kappa shape index (κ3) is 3.99. The summed E-state index contributed by atoms with van der Waals surface area (Å²) in [5.74, 6) is -0.0854. The van der Waals surface area contributed by atoms with E-state index in [1.54, 1.807) is 24.5 Å². The van der Waals surface area contributed by atoms with Crippen molar-refractivity contribution in [2.45, 2.75) is 6.42 Å². The normalized spacial score (nSPS) is 11.2. The van der Waals surface area contributed by atoms with Gasteiger partial charge in [0.15, 0.2) is 11.5 Å². The van der Waals surface area contributed by atoms with E-state index in [9.17, 15) is 4.79 Å². The molecule has 0 bridgehead atoms. The fraction of sp³-hybridized carbons (Fsp3) is 0.0385. The number of pyridine rings is 2. The molecule has 1 amide bonds. The molecule has 4 aromatic heterocycles. The Morgan fingerprint density at radius 3 is 2.74 bits per heavy atom. The Morgan fingerprint density at radius 1 is 1.00 bits per heavy atom. The van der Waals surface area contributed by atoms with E-state index in [-0.39, 0.29) is 12.3 Å². The molecule has 0 unspecified atom stereocenters. The number of rotatable bonds is 5. The highest BCUT2D eigenvalue weighted by Gasteiger charge is 2.17. The van der Waals surface area contributed by atoms with E-state index in [0.29, 0.717) is 44.9 Å². The number of imidazole rings is 1. The molecule has 3 N–H and O–H groups in total. The summed E-state index contributed by atoms with van der Waals surface area (Å²) < 4.78 is 15.1. The highest BCUT2D eigenvalue weighted by Crippen LogP contribution is 2.32. The van der Waals surface area contributed by atoms with Gasteiger partial charge >= 0.3 is 0 Å². The van der Waals surface area contributed by atoms with E-state index in [1.165, 1.54) is 12.3 Å². The molecule has 0 saturated carbocycles. The maximum absolute atomic E-state index is 15.1. The Morgan fingerprint density at radius 2 is 1.89 bits per heavy atom. The lowest BCUT2D eigenvalue weighted by Gasteiger charge is -2.08. The summed E-state index contributed by atoms with van der Waals surface area (Å²) in [6.45, 7) is 0. The molecule has 0 fully saturated rings. The number of halogens is 1. The second kappa shape index (κ2) is 8.45. The number of carbonyl (C=O) groups excluding carboxylic acids is 1. The van der Waals surface area contributed by atoms with Crippen LogP contribution >= 0.6 is 0 Å². The summed E-state index contributed by atoms with van der Waals surface area (Å²) >= 11 is 0. The van der Waals surface area contributed by atoms with Gasteiger partial charge in [-0.25, -0.2) is 14.4 Å². The number of fused-ring (bicyclic) bond motifs is 2. The highest BCUT2D eigenvalue weighted by atomic mass is 19.1. The fourth-order valence-corrected chi connectivity index (χ4v) is 4.04. The number of H-pyrrole nitrogens is 2. The largest absolute Gasteiger partial charge is 0.335 e. The summed E-state index contributed by atoms with van der Waals surface area (Å²) in [7, 11) is 0. The molecule has 0 aliphatic carbocycles. The van der Waals surface area contributed by atoms with E-state index in [1.807, 2.05) is 42.5 Å². The zero-order valence-corrected chi connectivity index (χ0v) is 18.3. The molecule has 4 heterocycles. The molecule has 2 aromatic carbocycles. The summed E-state index contributed by atoms with van der Waals surface area (Å²) in [6, 6.07) is 17.9. The van der Waals surface area contributed by atoms with Crippen LogP contribution in [0.1, 0.15) is 5.56 Å². The van der Waals surface area contributed by atoms with E-state index in [4.69, 9.17) is 0 Å². The van der Waals surface area contributed by atoms with Crippen molar-refractivity contribution in [3.05, 3.63) is 90.6 Å². The van der Waals surface area contributed by atoms with Crippen LogP contribution in [-0.2, 0) is 11.2 Å². The monoisotopic (exact) mass is 463 g/mol. The molecule has 0 aliphatic rings.